The number of hydrogen-bond acceptors (Lipinski definition) is 6. The number of aromatic nitrogens is 2. The molecule has 2 aromatic carbocycles. The Kier molecular flexibility index (Phi) is 6.53. The van der Waals surface area contributed by atoms with Crippen LogP contribution in [0.5, 0.6) is 0 Å². The Hall–Kier alpha value is -3.17. The third-order valence-electron chi connectivity index (χ3n) is 4.05. The molecular formula is C20H20ClN5O3S. The van der Waals surface area contributed by atoms with Gasteiger partial charge in [0.25, 0.3) is 0 Å². The standard InChI is InChI=1S/C20H20ClN5O3S/c1-2-23-20(27)25-15-7-3-13(4-8-15)19-24-16(11-18(22)26-19)12-30(28,29)17-9-5-14(21)6-10-17/h3-11H,2,12H2,1H3,(H2,22,24,26)(H2,23,25,27). The summed E-state index contributed by atoms with van der Waals surface area (Å²) in [5, 5.41) is 5.78. The van der Waals surface area contributed by atoms with Gasteiger partial charge < -0.3 is 16.4 Å². The number of halogens is 1. The molecule has 0 aliphatic rings. The van der Waals surface area contributed by atoms with Gasteiger partial charge in [-0.25, -0.2) is 23.2 Å². The molecule has 1 aromatic heterocycles. The molecule has 0 unspecified atom stereocenters. The molecule has 30 heavy (non-hydrogen) atoms. The average Bonchev–Trinajstić information content (AvgIpc) is 2.68. The first-order valence-electron chi connectivity index (χ1n) is 9.04. The van der Waals surface area contributed by atoms with Crippen LogP contribution < -0.4 is 16.4 Å². The SMILES string of the molecule is CCNC(=O)Nc1ccc(-c2nc(N)cc(CS(=O)(=O)c3ccc(Cl)cc3)n2)cc1. The van der Waals surface area contributed by atoms with Crippen molar-refractivity contribution in [1.29, 1.82) is 0 Å². The zero-order valence-corrected chi connectivity index (χ0v) is 17.7. The van der Waals surface area contributed by atoms with Gasteiger partial charge in [-0.15, -0.1) is 0 Å². The average molecular weight is 446 g/mol. The molecule has 4 N–H and O–H groups in total. The first-order chi connectivity index (χ1) is 14.3. The largest absolute Gasteiger partial charge is 0.384 e. The predicted molar refractivity (Wildman–Crippen MR) is 117 cm³/mol. The number of nitrogens with one attached hydrogen (secondary N) is 2. The summed E-state index contributed by atoms with van der Waals surface area (Å²) in [5.74, 6) is 0.122. The number of hydrogen-bond donors (Lipinski definition) is 3. The second-order valence-electron chi connectivity index (χ2n) is 6.38. The zero-order chi connectivity index (χ0) is 21.7. The van der Waals surface area contributed by atoms with Crippen molar-refractivity contribution in [2.24, 2.45) is 0 Å². The third kappa shape index (κ3) is 5.46. The van der Waals surface area contributed by atoms with E-state index in [9.17, 15) is 13.2 Å². The van der Waals surface area contributed by atoms with Gasteiger partial charge in [-0.05, 0) is 55.5 Å². The Balaban J connectivity index is 1.83. The second-order valence-corrected chi connectivity index (χ2v) is 8.81. The van der Waals surface area contributed by atoms with Crippen LogP contribution in [0.1, 0.15) is 12.6 Å². The molecule has 2 amide bonds. The van der Waals surface area contributed by atoms with Gasteiger partial charge >= 0.3 is 6.03 Å². The minimum atomic E-state index is -3.63. The monoisotopic (exact) mass is 445 g/mol. The highest BCUT2D eigenvalue weighted by Crippen LogP contribution is 2.22. The second kappa shape index (κ2) is 9.10. The molecule has 0 aliphatic heterocycles. The molecule has 3 aromatic rings. The number of urea groups is 1. The van der Waals surface area contributed by atoms with Gasteiger partial charge in [0.05, 0.1) is 16.3 Å². The maximum atomic E-state index is 12.7. The summed E-state index contributed by atoms with van der Waals surface area (Å²) in [6.45, 7) is 2.34. The Morgan fingerprint density at radius 2 is 1.73 bits per heavy atom. The van der Waals surface area contributed by atoms with Crippen molar-refractivity contribution in [3.63, 3.8) is 0 Å². The van der Waals surface area contributed by atoms with E-state index in [1.807, 2.05) is 6.92 Å². The highest BCUT2D eigenvalue weighted by molar-refractivity contribution is 7.90. The van der Waals surface area contributed by atoms with E-state index < -0.39 is 9.84 Å². The van der Waals surface area contributed by atoms with E-state index in [2.05, 4.69) is 20.6 Å². The highest BCUT2D eigenvalue weighted by Gasteiger charge is 2.18. The van der Waals surface area contributed by atoms with Crippen molar-refractivity contribution in [2.45, 2.75) is 17.6 Å². The number of anilines is 2. The molecule has 0 bridgehead atoms. The van der Waals surface area contributed by atoms with Gasteiger partial charge in [-0.2, -0.15) is 0 Å². The normalized spacial score (nSPS) is 11.1. The molecular weight excluding hydrogens is 426 g/mol. The van der Waals surface area contributed by atoms with Crippen LogP contribution in [0.3, 0.4) is 0 Å². The fourth-order valence-electron chi connectivity index (χ4n) is 2.68. The van der Waals surface area contributed by atoms with E-state index in [1.54, 1.807) is 24.3 Å². The number of nitrogen functional groups attached to an aromatic ring is 1. The van der Waals surface area contributed by atoms with Gasteiger partial charge in [0.15, 0.2) is 15.7 Å². The number of nitrogens with zero attached hydrogens (tertiary/aromatic N) is 2. The number of sulfone groups is 1. The van der Waals surface area contributed by atoms with Gasteiger partial charge in [-0.1, -0.05) is 11.6 Å². The molecule has 0 atom stereocenters. The molecule has 0 spiro atoms. The fourth-order valence-corrected chi connectivity index (χ4v) is 4.06. The zero-order valence-electron chi connectivity index (χ0n) is 16.1. The lowest BCUT2D eigenvalue weighted by molar-refractivity contribution is 0.252. The molecule has 1 heterocycles. The molecule has 0 saturated heterocycles. The first-order valence-corrected chi connectivity index (χ1v) is 11.1. The van der Waals surface area contributed by atoms with Crippen LogP contribution in [0.15, 0.2) is 59.5 Å². The minimum Gasteiger partial charge on any atom is -0.384 e. The molecule has 156 valence electrons. The Bertz CT molecular complexity index is 1150. The van der Waals surface area contributed by atoms with Gasteiger partial charge in [0.1, 0.15) is 5.82 Å². The quantitative estimate of drug-likeness (QED) is 0.532. The molecule has 0 fully saturated rings. The van der Waals surface area contributed by atoms with E-state index >= 15 is 0 Å². The summed E-state index contributed by atoms with van der Waals surface area (Å²) in [7, 11) is -3.63. The predicted octanol–water partition coefficient (Wildman–Crippen LogP) is 3.49. The number of carbonyl (C=O) groups excluding carboxylic acids is 1. The molecule has 3 rings (SSSR count). The first kappa shape index (κ1) is 21.5. The molecule has 0 aliphatic carbocycles. The summed E-state index contributed by atoms with van der Waals surface area (Å²) in [5.41, 5.74) is 7.38. The van der Waals surface area contributed by atoms with Crippen molar-refractivity contribution < 1.29 is 13.2 Å². The summed E-state index contributed by atoms with van der Waals surface area (Å²) in [6.07, 6.45) is 0. The van der Waals surface area contributed by atoms with E-state index in [1.165, 1.54) is 30.3 Å². The van der Waals surface area contributed by atoms with Crippen LogP contribution >= 0.6 is 11.6 Å². The number of carbonyl (C=O) groups is 1. The number of benzene rings is 2. The number of rotatable bonds is 6. The lowest BCUT2D eigenvalue weighted by Crippen LogP contribution is -2.28. The number of amides is 2. The van der Waals surface area contributed by atoms with E-state index in [-0.39, 0.29) is 28.2 Å². The van der Waals surface area contributed by atoms with E-state index in [0.29, 0.717) is 28.6 Å². The molecule has 0 radical (unpaired) electrons. The minimum absolute atomic E-state index is 0.145. The van der Waals surface area contributed by atoms with Gasteiger partial charge in [0.2, 0.25) is 0 Å². The van der Waals surface area contributed by atoms with Gasteiger partial charge in [-0.3, -0.25) is 0 Å². The van der Waals surface area contributed by atoms with Crippen molar-refractivity contribution in [2.75, 3.05) is 17.6 Å². The molecule has 8 nitrogen and oxygen atoms in total. The van der Waals surface area contributed by atoms with Crippen molar-refractivity contribution in [3.8, 4) is 11.4 Å². The van der Waals surface area contributed by atoms with Crippen LogP contribution in [-0.2, 0) is 15.6 Å². The molecule has 0 saturated carbocycles. The summed E-state index contributed by atoms with van der Waals surface area (Å²) in [4.78, 5) is 20.3. The Morgan fingerprint density at radius 1 is 1.07 bits per heavy atom. The van der Waals surface area contributed by atoms with Crippen LogP contribution in [0.25, 0.3) is 11.4 Å². The van der Waals surface area contributed by atoms with Crippen LogP contribution in [0.4, 0.5) is 16.3 Å². The fraction of sp³-hybridized carbons (Fsp3) is 0.150. The van der Waals surface area contributed by atoms with Crippen LogP contribution in [-0.4, -0.2) is 31.0 Å². The van der Waals surface area contributed by atoms with Crippen molar-refractivity contribution in [1.82, 2.24) is 15.3 Å². The van der Waals surface area contributed by atoms with Crippen molar-refractivity contribution >= 4 is 39.0 Å². The smallest absolute Gasteiger partial charge is 0.319 e. The van der Waals surface area contributed by atoms with Gasteiger partial charge in [0, 0.05) is 28.9 Å². The number of nitrogens with two attached hydrogens (primary N) is 1. The Labute approximate surface area is 179 Å². The topological polar surface area (TPSA) is 127 Å². The van der Waals surface area contributed by atoms with Crippen LogP contribution in [0.2, 0.25) is 5.02 Å². The van der Waals surface area contributed by atoms with E-state index in [0.717, 1.165) is 0 Å². The summed E-state index contributed by atoms with van der Waals surface area (Å²) < 4.78 is 25.4. The van der Waals surface area contributed by atoms with E-state index in [4.69, 9.17) is 17.3 Å². The lowest BCUT2D eigenvalue weighted by Gasteiger charge is -2.09. The molecule has 10 heteroatoms. The Morgan fingerprint density at radius 3 is 2.37 bits per heavy atom. The maximum Gasteiger partial charge on any atom is 0.319 e. The lowest BCUT2D eigenvalue weighted by atomic mass is 10.2. The summed E-state index contributed by atoms with van der Waals surface area (Å²) >= 11 is 5.83. The van der Waals surface area contributed by atoms with Crippen LogP contribution in [0, 0.1) is 0 Å². The summed E-state index contributed by atoms with van der Waals surface area (Å²) in [6, 6.07) is 13.9. The highest BCUT2D eigenvalue weighted by atomic mass is 35.5. The maximum absolute atomic E-state index is 12.7. The third-order valence-corrected chi connectivity index (χ3v) is 5.97. The van der Waals surface area contributed by atoms with Crippen molar-refractivity contribution in [3.05, 3.63) is 65.3 Å².